The first-order valence-electron chi connectivity index (χ1n) is 10.3. The Morgan fingerprint density at radius 1 is 1.16 bits per heavy atom. The van der Waals surface area contributed by atoms with E-state index in [1.165, 1.54) is 18.5 Å². The van der Waals surface area contributed by atoms with Gasteiger partial charge in [0.15, 0.2) is 11.5 Å². The van der Waals surface area contributed by atoms with Crippen LogP contribution in [0.1, 0.15) is 37.4 Å². The molecular weight excluding hydrogens is 406 g/mol. The number of ether oxygens (including phenoxy) is 2. The van der Waals surface area contributed by atoms with Gasteiger partial charge >= 0.3 is 6.29 Å². The zero-order valence-electron chi connectivity index (χ0n) is 16.6. The third-order valence-electron chi connectivity index (χ3n) is 6.14. The molecule has 162 valence electrons. The van der Waals surface area contributed by atoms with Crippen molar-refractivity contribution >= 4 is 16.7 Å². The molecule has 1 saturated carbocycles. The first kappa shape index (κ1) is 19.7. The summed E-state index contributed by atoms with van der Waals surface area (Å²) in [5.41, 5.74) is 10.0. The van der Waals surface area contributed by atoms with Gasteiger partial charge in [0.2, 0.25) is 0 Å². The minimum absolute atomic E-state index is 0.0412. The maximum atomic E-state index is 13.2. The number of alkyl halides is 2. The number of nitrogens with one attached hydrogen (secondary N) is 3. The molecule has 1 aliphatic heterocycles. The summed E-state index contributed by atoms with van der Waals surface area (Å²) in [5, 5.41) is 8.15. The molecule has 1 aromatic carbocycles. The van der Waals surface area contributed by atoms with Gasteiger partial charge in [-0.3, -0.25) is 0 Å². The fourth-order valence-electron chi connectivity index (χ4n) is 4.55. The van der Waals surface area contributed by atoms with Gasteiger partial charge in [-0.1, -0.05) is 0 Å². The molecule has 1 fully saturated rings. The molecule has 1 unspecified atom stereocenters. The van der Waals surface area contributed by atoms with Crippen LogP contribution in [0.4, 0.5) is 14.5 Å². The highest BCUT2D eigenvalue weighted by Crippen LogP contribution is 2.43. The molecule has 0 bridgehead atoms. The Hall–Kier alpha value is -3.30. The maximum absolute atomic E-state index is 13.2. The average molecular weight is 428 g/mol. The van der Waals surface area contributed by atoms with Crippen LogP contribution in [0.2, 0.25) is 0 Å². The summed E-state index contributed by atoms with van der Waals surface area (Å²) >= 11 is 0. The van der Waals surface area contributed by atoms with Crippen molar-refractivity contribution in [1.29, 1.82) is 5.53 Å². The molecule has 1 aliphatic carbocycles. The van der Waals surface area contributed by atoms with Crippen molar-refractivity contribution in [1.82, 2.24) is 15.0 Å². The molecule has 10 heteroatoms. The predicted octanol–water partition coefficient (Wildman–Crippen LogP) is 5.27. The van der Waals surface area contributed by atoms with Crippen molar-refractivity contribution in [2.75, 3.05) is 11.9 Å². The largest absolute Gasteiger partial charge is 0.586 e. The third kappa shape index (κ3) is 3.89. The van der Waals surface area contributed by atoms with E-state index in [2.05, 4.69) is 34.9 Å². The van der Waals surface area contributed by atoms with E-state index in [1.807, 2.05) is 12.3 Å². The van der Waals surface area contributed by atoms with E-state index in [0.717, 1.165) is 54.6 Å². The van der Waals surface area contributed by atoms with Gasteiger partial charge in [0.1, 0.15) is 18.0 Å². The molecule has 5 rings (SSSR count). The number of nitrogens with zero attached hydrogens (tertiary/aromatic N) is 3. The Morgan fingerprint density at radius 3 is 2.77 bits per heavy atom. The molecule has 3 aromatic rings. The number of hydrogen-bond acceptors (Lipinski definition) is 7. The van der Waals surface area contributed by atoms with E-state index in [4.69, 9.17) is 5.53 Å². The van der Waals surface area contributed by atoms with E-state index in [9.17, 15) is 8.78 Å². The number of aromatic amines is 1. The zero-order valence-corrected chi connectivity index (χ0v) is 16.6. The van der Waals surface area contributed by atoms with Gasteiger partial charge in [0.05, 0.1) is 5.69 Å². The van der Waals surface area contributed by atoms with E-state index in [-0.39, 0.29) is 23.5 Å². The van der Waals surface area contributed by atoms with Gasteiger partial charge in [-0.25, -0.2) is 15.5 Å². The normalized spacial score (nSPS) is 22.9. The Balaban J connectivity index is 1.18. The molecule has 31 heavy (non-hydrogen) atoms. The fraction of sp³-hybridized carbons (Fsp3) is 0.429. The number of halogens is 2. The lowest BCUT2D eigenvalue weighted by molar-refractivity contribution is -0.286. The molecule has 0 spiro atoms. The van der Waals surface area contributed by atoms with E-state index in [0.29, 0.717) is 5.92 Å². The lowest BCUT2D eigenvalue weighted by Crippen LogP contribution is -2.26. The SMILES string of the molecule is N=NC(c1ncnc2[nH]ccc12)C1CCC(CNc2ccc3c(c2)OC(F)(F)O3)CC1. The summed E-state index contributed by atoms with van der Waals surface area (Å²) in [6.45, 7) is 0.737. The molecule has 3 N–H and O–H groups in total. The smallest absolute Gasteiger partial charge is 0.395 e. The molecular formula is C21H22F2N6O2. The number of fused-ring (bicyclic) bond motifs is 2. The van der Waals surface area contributed by atoms with Crippen LogP contribution in [0.15, 0.2) is 41.9 Å². The quantitative estimate of drug-likeness (QED) is 0.464. The highest BCUT2D eigenvalue weighted by molar-refractivity contribution is 5.78. The second-order valence-corrected chi connectivity index (χ2v) is 8.06. The standard InChI is InChI=1S/C21H22F2N6O2/c22-21(23)30-16-6-5-14(9-17(16)31-21)26-10-12-1-3-13(4-2-12)18(29-24)19-15-7-8-25-20(15)28-11-27-19/h5-9,11-13,18,24,26H,1-4,10H2,(H,25,27,28). The average Bonchev–Trinajstić information content (AvgIpc) is 3.36. The van der Waals surface area contributed by atoms with Crippen LogP contribution in [-0.4, -0.2) is 27.8 Å². The second-order valence-electron chi connectivity index (χ2n) is 8.06. The number of anilines is 1. The number of H-pyrrole nitrogens is 1. The van der Waals surface area contributed by atoms with Crippen molar-refractivity contribution < 1.29 is 18.3 Å². The number of aromatic nitrogens is 3. The molecule has 8 nitrogen and oxygen atoms in total. The monoisotopic (exact) mass is 428 g/mol. The summed E-state index contributed by atoms with van der Waals surface area (Å²) in [5.74, 6) is 0.795. The Bertz CT molecular complexity index is 1100. The van der Waals surface area contributed by atoms with Crippen LogP contribution in [0.5, 0.6) is 11.5 Å². The molecule has 2 aliphatic rings. The minimum Gasteiger partial charge on any atom is -0.395 e. The minimum atomic E-state index is -3.60. The van der Waals surface area contributed by atoms with Crippen LogP contribution < -0.4 is 14.8 Å². The fourth-order valence-corrected chi connectivity index (χ4v) is 4.55. The zero-order chi connectivity index (χ0) is 21.4. The van der Waals surface area contributed by atoms with Gasteiger partial charge in [-0.2, -0.15) is 5.11 Å². The van der Waals surface area contributed by atoms with Crippen LogP contribution in [-0.2, 0) is 0 Å². The van der Waals surface area contributed by atoms with Crippen molar-refractivity contribution in [2.45, 2.75) is 38.0 Å². The molecule has 3 heterocycles. The van der Waals surface area contributed by atoms with E-state index in [1.54, 1.807) is 6.07 Å². The van der Waals surface area contributed by atoms with Gasteiger partial charge in [-0.05, 0) is 55.7 Å². The van der Waals surface area contributed by atoms with Gasteiger partial charge < -0.3 is 19.8 Å². The molecule has 0 radical (unpaired) electrons. The summed E-state index contributed by atoms with van der Waals surface area (Å²) in [7, 11) is 0. The predicted molar refractivity (Wildman–Crippen MR) is 108 cm³/mol. The summed E-state index contributed by atoms with van der Waals surface area (Å²) in [4.78, 5) is 11.7. The maximum Gasteiger partial charge on any atom is 0.586 e. The lowest BCUT2D eigenvalue weighted by Gasteiger charge is -2.31. The Morgan fingerprint density at radius 2 is 1.97 bits per heavy atom. The van der Waals surface area contributed by atoms with E-state index < -0.39 is 6.29 Å². The van der Waals surface area contributed by atoms with Crippen molar-refractivity contribution in [3.63, 3.8) is 0 Å². The first-order chi connectivity index (χ1) is 15.0. The van der Waals surface area contributed by atoms with Crippen molar-refractivity contribution in [2.24, 2.45) is 17.0 Å². The van der Waals surface area contributed by atoms with Crippen LogP contribution in [0, 0.1) is 17.4 Å². The molecule has 0 amide bonds. The third-order valence-corrected chi connectivity index (χ3v) is 6.14. The summed E-state index contributed by atoms with van der Waals surface area (Å²) < 4.78 is 35.3. The number of rotatable bonds is 6. The number of benzene rings is 1. The first-order valence-corrected chi connectivity index (χ1v) is 10.3. The van der Waals surface area contributed by atoms with Gasteiger partial charge in [0.25, 0.3) is 0 Å². The highest BCUT2D eigenvalue weighted by atomic mass is 19.3. The number of hydrogen-bond donors (Lipinski definition) is 3. The van der Waals surface area contributed by atoms with E-state index >= 15 is 0 Å². The summed E-state index contributed by atoms with van der Waals surface area (Å²) in [6, 6.07) is 6.39. The van der Waals surface area contributed by atoms with Crippen molar-refractivity contribution in [3.05, 3.63) is 42.5 Å². The Kier molecular flexibility index (Phi) is 4.91. The molecule has 1 atom stereocenters. The topological polar surface area (TPSA) is 108 Å². The lowest BCUT2D eigenvalue weighted by atomic mass is 9.77. The summed E-state index contributed by atoms with van der Waals surface area (Å²) in [6.07, 6.45) is 3.62. The Labute approximate surface area is 176 Å². The van der Waals surface area contributed by atoms with Gasteiger partial charge in [-0.15, -0.1) is 8.78 Å². The van der Waals surface area contributed by atoms with Gasteiger partial charge in [0, 0.05) is 29.9 Å². The van der Waals surface area contributed by atoms with Crippen molar-refractivity contribution in [3.8, 4) is 11.5 Å². The van der Waals surface area contributed by atoms with Crippen LogP contribution in [0.3, 0.4) is 0 Å². The second kappa shape index (κ2) is 7.75. The highest BCUT2D eigenvalue weighted by Gasteiger charge is 2.43. The van der Waals surface area contributed by atoms with Crippen LogP contribution >= 0.6 is 0 Å². The molecule has 0 saturated heterocycles. The molecule has 2 aromatic heterocycles. The van der Waals surface area contributed by atoms with Crippen LogP contribution in [0.25, 0.3) is 11.0 Å².